The maximum Gasteiger partial charge on any atom is 0.255 e. The van der Waals surface area contributed by atoms with E-state index < -0.39 is 0 Å². The van der Waals surface area contributed by atoms with Gasteiger partial charge in [-0.3, -0.25) is 9.89 Å². The Kier molecular flexibility index (Phi) is 6.47. The zero-order valence-corrected chi connectivity index (χ0v) is 17.5. The Morgan fingerprint density at radius 3 is 2.65 bits per heavy atom. The SMILES string of the molecule is CN(CCCCCc1cc(-c2ccccc2)n[nH]1)C(=O)c1ccccc1-n1cnnn1. The zero-order valence-electron chi connectivity index (χ0n) is 17.5. The van der Waals surface area contributed by atoms with Crippen molar-refractivity contribution in [3.8, 4) is 16.9 Å². The summed E-state index contributed by atoms with van der Waals surface area (Å²) in [6.07, 6.45) is 5.45. The van der Waals surface area contributed by atoms with Crippen molar-refractivity contribution in [2.75, 3.05) is 13.6 Å². The molecule has 2 heterocycles. The van der Waals surface area contributed by atoms with Gasteiger partial charge >= 0.3 is 0 Å². The number of amides is 1. The number of tetrazole rings is 1. The lowest BCUT2D eigenvalue weighted by Gasteiger charge is -2.18. The number of hydrogen-bond acceptors (Lipinski definition) is 5. The number of carbonyl (C=O) groups excluding carboxylic acids is 1. The molecule has 8 nitrogen and oxygen atoms in total. The van der Waals surface area contributed by atoms with Crippen LogP contribution < -0.4 is 0 Å². The molecule has 4 rings (SSSR count). The average Bonchev–Trinajstić information content (AvgIpc) is 3.51. The maximum atomic E-state index is 12.9. The molecule has 0 unspecified atom stereocenters. The zero-order chi connectivity index (χ0) is 21.5. The third-order valence-electron chi connectivity index (χ3n) is 5.22. The number of para-hydroxylation sites is 1. The van der Waals surface area contributed by atoms with E-state index in [4.69, 9.17) is 0 Å². The van der Waals surface area contributed by atoms with Gasteiger partial charge in [0.15, 0.2) is 0 Å². The highest BCUT2D eigenvalue weighted by molar-refractivity contribution is 5.97. The first-order valence-electron chi connectivity index (χ1n) is 10.4. The highest BCUT2D eigenvalue weighted by atomic mass is 16.2. The van der Waals surface area contributed by atoms with Gasteiger partial charge in [0.1, 0.15) is 6.33 Å². The lowest BCUT2D eigenvalue weighted by atomic mass is 10.1. The van der Waals surface area contributed by atoms with E-state index in [-0.39, 0.29) is 5.91 Å². The third kappa shape index (κ3) is 5.03. The molecule has 0 aliphatic rings. The molecule has 2 aromatic heterocycles. The maximum absolute atomic E-state index is 12.9. The minimum absolute atomic E-state index is 0.0350. The Morgan fingerprint density at radius 2 is 1.84 bits per heavy atom. The molecular weight excluding hydrogens is 390 g/mol. The molecule has 0 aliphatic heterocycles. The van der Waals surface area contributed by atoms with Crippen LogP contribution in [0.15, 0.2) is 67.0 Å². The topological polar surface area (TPSA) is 92.6 Å². The van der Waals surface area contributed by atoms with Crippen LogP contribution in [0.2, 0.25) is 0 Å². The predicted octanol–water partition coefficient (Wildman–Crippen LogP) is 3.54. The third-order valence-corrected chi connectivity index (χ3v) is 5.22. The lowest BCUT2D eigenvalue weighted by Crippen LogP contribution is -2.28. The van der Waals surface area contributed by atoms with E-state index in [2.05, 4.69) is 43.9 Å². The van der Waals surface area contributed by atoms with Crippen LogP contribution in [0.3, 0.4) is 0 Å². The number of hydrogen-bond donors (Lipinski definition) is 1. The Bertz CT molecular complexity index is 1110. The van der Waals surface area contributed by atoms with Crippen LogP contribution in [-0.2, 0) is 6.42 Å². The van der Waals surface area contributed by atoms with Crippen LogP contribution in [0, 0.1) is 0 Å². The minimum atomic E-state index is -0.0350. The van der Waals surface area contributed by atoms with Gasteiger partial charge in [-0.05, 0) is 47.9 Å². The molecule has 0 atom stereocenters. The van der Waals surface area contributed by atoms with Crippen molar-refractivity contribution in [3.63, 3.8) is 0 Å². The Morgan fingerprint density at radius 1 is 1.03 bits per heavy atom. The molecule has 1 N–H and O–H groups in total. The van der Waals surface area contributed by atoms with Gasteiger partial charge in [-0.2, -0.15) is 9.78 Å². The van der Waals surface area contributed by atoms with Gasteiger partial charge in [0.25, 0.3) is 5.91 Å². The van der Waals surface area contributed by atoms with Crippen molar-refractivity contribution in [2.24, 2.45) is 0 Å². The summed E-state index contributed by atoms with van der Waals surface area (Å²) in [5.74, 6) is -0.0350. The van der Waals surface area contributed by atoms with Crippen LogP contribution in [-0.4, -0.2) is 54.8 Å². The number of aromatic nitrogens is 6. The smallest absolute Gasteiger partial charge is 0.255 e. The van der Waals surface area contributed by atoms with Crippen molar-refractivity contribution in [1.29, 1.82) is 0 Å². The summed E-state index contributed by atoms with van der Waals surface area (Å²) in [5, 5.41) is 18.8. The van der Waals surface area contributed by atoms with Gasteiger partial charge in [-0.15, -0.1) is 5.10 Å². The molecule has 0 radical (unpaired) electrons. The van der Waals surface area contributed by atoms with E-state index in [9.17, 15) is 4.79 Å². The number of nitrogens with one attached hydrogen (secondary N) is 1. The Balaban J connectivity index is 1.25. The molecule has 1 amide bonds. The lowest BCUT2D eigenvalue weighted by molar-refractivity contribution is 0.0792. The average molecular weight is 416 g/mol. The summed E-state index contributed by atoms with van der Waals surface area (Å²) < 4.78 is 1.51. The standard InChI is InChI=1S/C23H25N7O/c1-29(23(31)20-13-7-8-14-22(20)30-17-24-27-28-30)15-9-3-6-12-19-16-21(26-25-19)18-10-4-2-5-11-18/h2,4-5,7-8,10-11,13-14,16-17H,3,6,9,12,15H2,1H3,(H,25,26). The highest BCUT2D eigenvalue weighted by Gasteiger charge is 2.17. The summed E-state index contributed by atoms with van der Waals surface area (Å²) in [7, 11) is 1.83. The molecule has 0 bridgehead atoms. The molecule has 0 aliphatic carbocycles. The van der Waals surface area contributed by atoms with Gasteiger partial charge in [0, 0.05) is 24.8 Å². The largest absolute Gasteiger partial charge is 0.342 e. The van der Waals surface area contributed by atoms with Crippen LogP contribution in [0.1, 0.15) is 35.3 Å². The number of rotatable bonds is 9. The van der Waals surface area contributed by atoms with Crippen molar-refractivity contribution >= 4 is 5.91 Å². The number of H-pyrrole nitrogens is 1. The van der Waals surface area contributed by atoms with Crippen LogP contribution >= 0.6 is 0 Å². The molecule has 8 heteroatoms. The molecule has 2 aromatic carbocycles. The predicted molar refractivity (Wildman–Crippen MR) is 118 cm³/mol. The fourth-order valence-corrected chi connectivity index (χ4v) is 3.52. The molecule has 0 spiro atoms. The van der Waals surface area contributed by atoms with Gasteiger partial charge < -0.3 is 4.90 Å². The number of benzene rings is 2. The van der Waals surface area contributed by atoms with E-state index in [0.29, 0.717) is 17.8 Å². The molecular formula is C23H25N7O. The highest BCUT2D eigenvalue weighted by Crippen LogP contribution is 2.18. The van der Waals surface area contributed by atoms with E-state index in [1.807, 2.05) is 43.4 Å². The summed E-state index contributed by atoms with van der Waals surface area (Å²) in [4.78, 5) is 14.7. The Labute approximate surface area is 180 Å². The quantitative estimate of drug-likeness (QED) is 0.422. The second-order valence-electron chi connectivity index (χ2n) is 7.45. The van der Waals surface area contributed by atoms with Crippen LogP contribution in [0.25, 0.3) is 16.9 Å². The van der Waals surface area contributed by atoms with Gasteiger partial charge in [0.2, 0.25) is 0 Å². The van der Waals surface area contributed by atoms with Gasteiger partial charge in [-0.25, -0.2) is 0 Å². The molecule has 0 saturated carbocycles. The van der Waals surface area contributed by atoms with Crippen molar-refractivity contribution in [1.82, 2.24) is 35.3 Å². The second kappa shape index (κ2) is 9.80. The number of carbonyl (C=O) groups is 1. The van der Waals surface area contributed by atoms with E-state index in [1.54, 1.807) is 11.0 Å². The van der Waals surface area contributed by atoms with E-state index in [1.165, 1.54) is 11.0 Å². The number of aryl methyl sites for hydroxylation is 1. The van der Waals surface area contributed by atoms with Gasteiger partial charge in [-0.1, -0.05) is 48.9 Å². The number of unbranched alkanes of at least 4 members (excludes halogenated alkanes) is 2. The van der Waals surface area contributed by atoms with Crippen molar-refractivity contribution < 1.29 is 4.79 Å². The van der Waals surface area contributed by atoms with Crippen LogP contribution in [0.4, 0.5) is 0 Å². The van der Waals surface area contributed by atoms with Crippen molar-refractivity contribution in [2.45, 2.75) is 25.7 Å². The van der Waals surface area contributed by atoms with E-state index >= 15 is 0 Å². The second-order valence-corrected chi connectivity index (χ2v) is 7.45. The summed E-state index contributed by atoms with van der Waals surface area (Å²) in [5.41, 5.74) is 4.49. The molecule has 4 aromatic rings. The fourth-order valence-electron chi connectivity index (χ4n) is 3.52. The first-order chi connectivity index (χ1) is 15.2. The monoisotopic (exact) mass is 415 g/mol. The molecule has 0 saturated heterocycles. The Hall–Kier alpha value is -3.81. The minimum Gasteiger partial charge on any atom is -0.342 e. The molecule has 158 valence electrons. The molecule has 0 fully saturated rings. The summed E-state index contributed by atoms with van der Waals surface area (Å²) in [6, 6.07) is 19.6. The number of nitrogens with zero attached hydrogens (tertiary/aromatic N) is 6. The molecule has 31 heavy (non-hydrogen) atoms. The number of aromatic amines is 1. The summed E-state index contributed by atoms with van der Waals surface area (Å²) in [6.45, 7) is 0.695. The first-order valence-corrected chi connectivity index (χ1v) is 10.4. The summed E-state index contributed by atoms with van der Waals surface area (Å²) >= 11 is 0. The van der Waals surface area contributed by atoms with Crippen LogP contribution in [0.5, 0.6) is 0 Å². The normalized spacial score (nSPS) is 10.9. The van der Waals surface area contributed by atoms with Gasteiger partial charge in [0.05, 0.1) is 16.9 Å². The van der Waals surface area contributed by atoms with E-state index in [0.717, 1.165) is 42.6 Å². The van der Waals surface area contributed by atoms with Crippen molar-refractivity contribution in [3.05, 3.63) is 78.2 Å². The first kappa shape index (κ1) is 20.5. The fraction of sp³-hybridized carbons (Fsp3) is 0.261.